The fourth-order valence-electron chi connectivity index (χ4n) is 5.33. The van der Waals surface area contributed by atoms with Crippen molar-refractivity contribution in [1.29, 1.82) is 0 Å². The van der Waals surface area contributed by atoms with Crippen LogP contribution in [0.25, 0.3) is 12.2 Å². The number of aromatic hydroxyl groups is 2. The van der Waals surface area contributed by atoms with E-state index in [1.54, 1.807) is 0 Å². The van der Waals surface area contributed by atoms with Crippen LogP contribution in [0.2, 0.25) is 0 Å². The van der Waals surface area contributed by atoms with E-state index in [2.05, 4.69) is 0 Å². The summed E-state index contributed by atoms with van der Waals surface area (Å²) in [5, 5.41) is 82.8. The zero-order chi connectivity index (χ0) is 39.0. The lowest BCUT2D eigenvalue weighted by molar-refractivity contribution is -0.327. The number of carbonyl (C=O) groups excluding carboxylic acids is 2. The van der Waals surface area contributed by atoms with E-state index in [4.69, 9.17) is 42.6 Å². The van der Waals surface area contributed by atoms with Crippen LogP contribution in [0, 0.1) is 0 Å². The normalized spacial score (nSPS) is 28.8. The molecule has 2 aliphatic heterocycles. The number of methoxy groups -OCH3 is 4. The molecule has 19 nitrogen and oxygen atoms in total. The molecular weight excluding hydrogens is 712 g/mol. The van der Waals surface area contributed by atoms with E-state index in [1.165, 1.54) is 64.9 Å². The molecule has 0 aliphatic carbocycles. The second kappa shape index (κ2) is 18.4. The Hall–Kier alpha value is -4.70. The minimum atomic E-state index is -1.91. The summed E-state index contributed by atoms with van der Waals surface area (Å²) in [5.74, 6) is -2.42. The Morgan fingerprint density at radius 1 is 0.623 bits per heavy atom. The number of aliphatic hydroxyl groups excluding tert-OH is 6. The van der Waals surface area contributed by atoms with E-state index in [0.717, 1.165) is 12.2 Å². The molecule has 53 heavy (non-hydrogen) atoms. The summed E-state index contributed by atoms with van der Waals surface area (Å²) >= 11 is 0. The summed E-state index contributed by atoms with van der Waals surface area (Å²) < 4.78 is 47.5. The molecule has 0 amide bonds. The van der Waals surface area contributed by atoms with Crippen LogP contribution in [0.1, 0.15) is 11.1 Å². The van der Waals surface area contributed by atoms with Crippen LogP contribution in [0.4, 0.5) is 0 Å². The van der Waals surface area contributed by atoms with Gasteiger partial charge in [-0.25, -0.2) is 9.59 Å². The van der Waals surface area contributed by atoms with E-state index in [1.807, 2.05) is 0 Å². The van der Waals surface area contributed by atoms with Gasteiger partial charge in [0.05, 0.1) is 41.7 Å². The van der Waals surface area contributed by atoms with Gasteiger partial charge in [-0.3, -0.25) is 0 Å². The van der Waals surface area contributed by atoms with Gasteiger partial charge in [-0.2, -0.15) is 0 Å². The Labute approximate surface area is 302 Å². The third kappa shape index (κ3) is 9.65. The average Bonchev–Trinajstić information content (AvgIpc) is 3.15. The number of carbonyl (C=O) groups is 2. The van der Waals surface area contributed by atoms with Crippen molar-refractivity contribution in [3.63, 3.8) is 0 Å². The maximum atomic E-state index is 12.8. The van der Waals surface area contributed by atoms with Gasteiger partial charge in [-0.05, 0) is 47.5 Å². The molecule has 0 spiro atoms. The lowest BCUT2D eigenvalue weighted by Crippen LogP contribution is -2.62. The number of phenols is 2. The highest BCUT2D eigenvalue weighted by Crippen LogP contribution is 2.38. The van der Waals surface area contributed by atoms with Crippen molar-refractivity contribution in [3.8, 4) is 34.5 Å². The van der Waals surface area contributed by atoms with Crippen molar-refractivity contribution in [3.05, 3.63) is 47.5 Å². The fraction of sp³-hybridized carbons (Fsp3) is 0.471. The van der Waals surface area contributed by atoms with Crippen molar-refractivity contribution in [2.24, 2.45) is 0 Å². The minimum absolute atomic E-state index is 0.0505. The summed E-state index contributed by atoms with van der Waals surface area (Å²) in [6.45, 7) is -1.48. The highest BCUT2D eigenvalue weighted by Gasteiger charge is 2.49. The van der Waals surface area contributed by atoms with Gasteiger partial charge in [0.25, 0.3) is 0 Å². The monoisotopic (exact) mass is 754 g/mol. The summed E-state index contributed by atoms with van der Waals surface area (Å²) in [7, 11) is 5.26. The zero-order valence-corrected chi connectivity index (χ0v) is 28.9. The standard InChI is InChI=1S/C34H42O19/c1-45-17-9-15(10-18(46-2)25(17)38)5-7-23(36)52-32-30(43)27(40)21(13-35)50-34(32)49-14-22-28(41)29(42)31(44)33(51-22)53-24(37)8-6-16-11-19(47-3)26(39)20(12-16)48-4/h5-12,21-22,27-35,38-44H,13-14H2,1-4H3/b7-5+,8-6+/t21-,22-,27-,28-,29+,30+,31-,32-,33+,34-/m1/s1. The number of aliphatic hydroxyl groups is 6. The van der Waals surface area contributed by atoms with Gasteiger partial charge in [0.2, 0.25) is 17.8 Å². The molecule has 0 saturated carbocycles. The maximum absolute atomic E-state index is 12.8. The largest absolute Gasteiger partial charge is 0.502 e. The molecule has 2 aromatic carbocycles. The summed E-state index contributed by atoms with van der Waals surface area (Å²) in [4.78, 5) is 25.5. The first-order chi connectivity index (χ1) is 25.3. The quantitative estimate of drug-likeness (QED) is 0.0811. The van der Waals surface area contributed by atoms with Crippen LogP contribution < -0.4 is 18.9 Å². The molecule has 0 radical (unpaired) electrons. The predicted octanol–water partition coefficient (Wildman–Crippen LogP) is -1.42. The van der Waals surface area contributed by atoms with E-state index in [9.17, 15) is 50.4 Å². The smallest absolute Gasteiger partial charge is 0.333 e. The molecule has 10 atom stereocenters. The predicted molar refractivity (Wildman–Crippen MR) is 177 cm³/mol. The lowest BCUT2D eigenvalue weighted by Gasteiger charge is -2.43. The Morgan fingerprint density at radius 3 is 1.51 bits per heavy atom. The van der Waals surface area contributed by atoms with Gasteiger partial charge >= 0.3 is 11.9 Å². The Morgan fingerprint density at radius 2 is 1.06 bits per heavy atom. The minimum Gasteiger partial charge on any atom is -0.502 e. The van der Waals surface area contributed by atoms with Crippen molar-refractivity contribution < 1.29 is 93.1 Å². The second-order valence-corrected chi connectivity index (χ2v) is 11.6. The van der Waals surface area contributed by atoms with Gasteiger partial charge in [-0.15, -0.1) is 0 Å². The second-order valence-electron chi connectivity index (χ2n) is 11.6. The van der Waals surface area contributed by atoms with Crippen LogP contribution >= 0.6 is 0 Å². The lowest BCUT2D eigenvalue weighted by atomic mass is 9.98. The number of phenolic OH excluding ortho intramolecular Hbond substituents is 2. The number of ether oxygens (including phenoxy) is 9. The molecule has 2 saturated heterocycles. The molecule has 8 N–H and O–H groups in total. The first kappa shape index (κ1) is 41.1. The molecule has 0 unspecified atom stereocenters. The number of rotatable bonds is 14. The van der Waals surface area contributed by atoms with Crippen molar-refractivity contribution >= 4 is 24.1 Å². The Kier molecular flexibility index (Phi) is 14.2. The number of benzene rings is 2. The summed E-state index contributed by atoms with van der Waals surface area (Å²) in [6.07, 6.45) is -12.9. The highest BCUT2D eigenvalue weighted by atomic mass is 16.7. The first-order valence-corrected chi connectivity index (χ1v) is 15.9. The highest BCUT2D eigenvalue weighted by molar-refractivity contribution is 5.88. The van der Waals surface area contributed by atoms with Crippen LogP contribution in [0.3, 0.4) is 0 Å². The van der Waals surface area contributed by atoms with Gasteiger partial charge in [0.15, 0.2) is 35.4 Å². The zero-order valence-electron chi connectivity index (χ0n) is 28.9. The summed E-state index contributed by atoms with van der Waals surface area (Å²) in [5.41, 5.74) is 0.700. The third-order valence-corrected chi connectivity index (χ3v) is 8.23. The average molecular weight is 755 g/mol. The number of hydrogen-bond acceptors (Lipinski definition) is 19. The topological polar surface area (TPSA) is 279 Å². The molecule has 19 heteroatoms. The van der Waals surface area contributed by atoms with Crippen molar-refractivity contribution in [1.82, 2.24) is 0 Å². The third-order valence-electron chi connectivity index (χ3n) is 8.23. The van der Waals surface area contributed by atoms with Gasteiger partial charge in [0, 0.05) is 12.2 Å². The molecule has 2 fully saturated rings. The Bertz CT molecular complexity index is 1580. The Balaban J connectivity index is 1.45. The van der Waals surface area contributed by atoms with E-state index in [0.29, 0.717) is 11.1 Å². The molecule has 0 aromatic heterocycles. The van der Waals surface area contributed by atoms with Gasteiger partial charge in [0.1, 0.15) is 42.7 Å². The van der Waals surface area contributed by atoms with E-state index in [-0.39, 0.29) is 34.5 Å². The van der Waals surface area contributed by atoms with E-state index >= 15 is 0 Å². The van der Waals surface area contributed by atoms with Crippen molar-refractivity contribution in [2.45, 2.75) is 61.4 Å². The number of esters is 2. The van der Waals surface area contributed by atoms with Crippen LogP contribution in [-0.2, 0) is 33.3 Å². The number of hydrogen-bond donors (Lipinski definition) is 8. The van der Waals surface area contributed by atoms with Gasteiger partial charge < -0.3 is 83.5 Å². The molecule has 292 valence electrons. The SMILES string of the molecule is COc1cc(/C=C/C(=O)O[C@@H]2O[C@H](CO[C@@H]3O[C@H](CO)[C@@H](O)[C@H](O)[C@H]3OC(=O)/C=C/c3cc(OC)c(O)c(OC)c3)[C@@H](O)[C@H](O)[C@H]2O)cc(OC)c1O. The maximum Gasteiger partial charge on any atom is 0.333 e. The van der Waals surface area contributed by atoms with Gasteiger partial charge in [-0.1, -0.05) is 0 Å². The molecule has 2 aliphatic rings. The van der Waals surface area contributed by atoms with Crippen LogP contribution in [0.15, 0.2) is 36.4 Å². The van der Waals surface area contributed by atoms with Crippen molar-refractivity contribution in [2.75, 3.05) is 41.7 Å². The molecule has 2 heterocycles. The van der Waals surface area contributed by atoms with Crippen LogP contribution in [0.5, 0.6) is 34.5 Å². The molecular formula is C34H42O19. The molecule has 4 rings (SSSR count). The van der Waals surface area contributed by atoms with E-state index < -0.39 is 86.6 Å². The fourth-order valence-corrected chi connectivity index (χ4v) is 5.33. The molecule has 2 aromatic rings. The summed E-state index contributed by atoms with van der Waals surface area (Å²) in [6, 6.07) is 5.59. The first-order valence-electron chi connectivity index (χ1n) is 15.9. The molecule has 0 bridgehead atoms. The van der Waals surface area contributed by atoms with Crippen LogP contribution in [-0.4, -0.2) is 156 Å².